The fourth-order valence-electron chi connectivity index (χ4n) is 3.04. The molecular weight excluding hydrogens is 234 g/mol. The summed E-state index contributed by atoms with van der Waals surface area (Å²) in [5.74, 6) is 1.09. The number of hydrogen-bond acceptors (Lipinski definition) is 2. The van der Waals surface area contributed by atoms with Crippen LogP contribution in [-0.2, 0) is 5.41 Å². The van der Waals surface area contributed by atoms with Gasteiger partial charge in [0.2, 0.25) is 0 Å². The fourth-order valence-corrected chi connectivity index (χ4v) is 3.04. The molecule has 1 unspecified atom stereocenters. The van der Waals surface area contributed by atoms with E-state index in [1.54, 1.807) is 7.11 Å². The van der Waals surface area contributed by atoms with Crippen LogP contribution in [0, 0.1) is 6.92 Å². The number of aryl methyl sites for hydroxylation is 1. The van der Waals surface area contributed by atoms with Gasteiger partial charge >= 0.3 is 0 Å². The number of nitrogens with one attached hydrogen (secondary N) is 1. The summed E-state index contributed by atoms with van der Waals surface area (Å²) >= 11 is 0. The Hall–Kier alpha value is -1.02. The zero-order valence-corrected chi connectivity index (χ0v) is 13.0. The minimum absolute atomic E-state index is 0.114. The second kappa shape index (κ2) is 5.54. The van der Waals surface area contributed by atoms with Crippen LogP contribution < -0.4 is 10.1 Å². The molecule has 19 heavy (non-hydrogen) atoms. The molecule has 1 aromatic rings. The Morgan fingerprint density at radius 3 is 2.47 bits per heavy atom. The molecule has 1 aromatic carbocycles. The van der Waals surface area contributed by atoms with Crippen molar-refractivity contribution >= 4 is 0 Å². The lowest BCUT2D eigenvalue weighted by Gasteiger charge is -2.30. The fraction of sp³-hybridized carbons (Fsp3) is 0.647. The molecule has 1 saturated heterocycles. The zero-order valence-electron chi connectivity index (χ0n) is 13.0. The van der Waals surface area contributed by atoms with Crippen LogP contribution in [0.4, 0.5) is 0 Å². The molecule has 0 saturated carbocycles. The van der Waals surface area contributed by atoms with Crippen molar-refractivity contribution in [2.24, 2.45) is 0 Å². The minimum atomic E-state index is 0.114. The van der Waals surface area contributed by atoms with Crippen molar-refractivity contribution in [1.82, 2.24) is 5.32 Å². The first-order chi connectivity index (χ1) is 8.95. The van der Waals surface area contributed by atoms with Gasteiger partial charge in [0.05, 0.1) is 7.11 Å². The zero-order chi connectivity index (χ0) is 14.0. The molecule has 1 N–H and O–H groups in total. The molecule has 1 atom stereocenters. The summed E-state index contributed by atoms with van der Waals surface area (Å²) in [7, 11) is 1.80. The van der Waals surface area contributed by atoms with Gasteiger partial charge in [0, 0.05) is 11.6 Å². The van der Waals surface area contributed by atoms with E-state index in [4.69, 9.17) is 4.74 Å². The third kappa shape index (κ3) is 2.94. The van der Waals surface area contributed by atoms with Gasteiger partial charge in [-0.15, -0.1) is 0 Å². The average molecular weight is 261 g/mol. The van der Waals surface area contributed by atoms with Crippen molar-refractivity contribution in [3.63, 3.8) is 0 Å². The van der Waals surface area contributed by atoms with Crippen LogP contribution in [0.25, 0.3) is 0 Å². The van der Waals surface area contributed by atoms with Crippen LogP contribution >= 0.6 is 0 Å². The van der Waals surface area contributed by atoms with Crippen LogP contribution in [0.5, 0.6) is 5.75 Å². The lowest BCUT2D eigenvalue weighted by Crippen LogP contribution is -2.28. The number of piperidine rings is 1. The minimum Gasteiger partial charge on any atom is -0.496 e. The number of hydrogen-bond donors (Lipinski definition) is 1. The second-order valence-corrected chi connectivity index (χ2v) is 6.63. The Bertz CT molecular complexity index is 439. The van der Waals surface area contributed by atoms with Gasteiger partial charge in [0.1, 0.15) is 5.75 Å². The third-order valence-corrected chi connectivity index (χ3v) is 4.09. The highest BCUT2D eigenvalue weighted by atomic mass is 16.5. The van der Waals surface area contributed by atoms with Gasteiger partial charge < -0.3 is 10.1 Å². The molecule has 0 radical (unpaired) electrons. The Kier molecular flexibility index (Phi) is 4.19. The van der Waals surface area contributed by atoms with Gasteiger partial charge in [-0.3, -0.25) is 0 Å². The van der Waals surface area contributed by atoms with E-state index in [2.05, 4.69) is 45.1 Å². The molecule has 0 aliphatic carbocycles. The van der Waals surface area contributed by atoms with Gasteiger partial charge in [0.15, 0.2) is 0 Å². The smallest absolute Gasteiger partial charge is 0.127 e. The lowest BCUT2D eigenvalue weighted by molar-refractivity contribution is 0.362. The van der Waals surface area contributed by atoms with Crippen LogP contribution in [0.1, 0.15) is 62.8 Å². The summed E-state index contributed by atoms with van der Waals surface area (Å²) in [5, 5.41) is 3.65. The number of ether oxygens (including phenoxy) is 1. The normalized spacial score (nSPS) is 20.4. The predicted molar refractivity (Wildman–Crippen MR) is 81.0 cm³/mol. The van der Waals surface area contributed by atoms with E-state index in [-0.39, 0.29) is 5.41 Å². The first-order valence-corrected chi connectivity index (χ1v) is 7.36. The topological polar surface area (TPSA) is 21.3 Å². The van der Waals surface area contributed by atoms with Crippen molar-refractivity contribution in [3.05, 3.63) is 28.8 Å². The van der Waals surface area contributed by atoms with E-state index in [1.165, 1.54) is 36.0 Å². The molecule has 0 aromatic heterocycles. The van der Waals surface area contributed by atoms with E-state index in [0.717, 1.165) is 12.3 Å². The highest BCUT2D eigenvalue weighted by molar-refractivity contribution is 5.50. The van der Waals surface area contributed by atoms with E-state index in [1.807, 2.05) is 0 Å². The largest absolute Gasteiger partial charge is 0.496 e. The van der Waals surface area contributed by atoms with E-state index >= 15 is 0 Å². The SMILES string of the molecule is COc1c(C(C)(C)C)ccc(C)c1C1CCCCN1. The molecule has 0 amide bonds. The first kappa shape index (κ1) is 14.4. The van der Waals surface area contributed by atoms with Crippen LogP contribution in [0.15, 0.2) is 12.1 Å². The maximum absolute atomic E-state index is 5.80. The standard InChI is InChI=1S/C17H27NO/c1-12-9-10-13(17(2,3)4)16(19-5)15(12)14-8-6-7-11-18-14/h9-10,14,18H,6-8,11H2,1-5H3. The monoisotopic (exact) mass is 261 g/mol. The summed E-state index contributed by atoms with van der Waals surface area (Å²) in [6, 6.07) is 4.92. The molecule has 2 rings (SSSR count). The van der Waals surface area contributed by atoms with Crippen molar-refractivity contribution < 1.29 is 4.74 Å². The molecule has 1 fully saturated rings. The van der Waals surface area contributed by atoms with Crippen molar-refractivity contribution in [1.29, 1.82) is 0 Å². The van der Waals surface area contributed by atoms with Gasteiger partial charge in [-0.1, -0.05) is 39.3 Å². The molecule has 2 heteroatoms. The molecule has 1 aliphatic heterocycles. The third-order valence-electron chi connectivity index (χ3n) is 4.09. The van der Waals surface area contributed by atoms with E-state index < -0.39 is 0 Å². The summed E-state index contributed by atoms with van der Waals surface area (Å²) in [6.07, 6.45) is 3.81. The maximum Gasteiger partial charge on any atom is 0.127 e. The lowest BCUT2D eigenvalue weighted by atomic mass is 9.82. The highest BCUT2D eigenvalue weighted by Gasteiger charge is 2.26. The number of methoxy groups -OCH3 is 1. The quantitative estimate of drug-likeness (QED) is 0.865. The number of benzene rings is 1. The predicted octanol–water partition coefficient (Wildman–Crippen LogP) is 4.12. The molecule has 0 bridgehead atoms. The van der Waals surface area contributed by atoms with Crippen LogP contribution in [0.2, 0.25) is 0 Å². The van der Waals surface area contributed by atoms with Gasteiger partial charge in [0.25, 0.3) is 0 Å². The highest BCUT2D eigenvalue weighted by Crippen LogP contribution is 2.40. The average Bonchev–Trinajstić information content (AvgIpc) is 2.37. The first-order valence-electron chi connectivity index (χ1n) is 7.36. The molecule has 1 heterocycles. The maximum atomic E-state index is 5.80. The summed E-state index contributed by atoms with van der Waals surface area (Å²) in [6.45, 7) is 10.1. The Balaban J connectivity index is 2.51. The van der Waals surface area contributed by atoms with Crippen LogP contribution in [0.3, 0.4) is 0 Å². The summed E-state index contributed by atoms with van der Waals surface area (Å²) in [5.41, 5.74) is 4.13. The van der Waals surface area contributed by atoms with Gasteiger partial charge in [-0.05, 0) is 42.9 Å². The molecule has 0 spiro atoms. The Morgan fingerprint density at radius 2 is 1.95 bits per heavy atom. The summed E-state index contributed by atoms with van der Waals surface area (Å²) in [4.78, 5) is 0. The molecular formula is C17H27NO. The van der Waals surface area contributed by atoms with E-state index in [0.29, 0.717) is 6.04 Å². The molecule has 2 nitrogen and oxygen atoms in total. The second-order valence-electron chi connectivity index (χ2n) is 6.63. The van der Waals surface area contributed by atoms with Crippen LogP contribution in [-0.4, -0.2) is 13.7 Å². The molecule has 106 valence electrons. The van der Waals surface area contributed by atoms with Gasteiger partial charge in [-0.25, -0.2) is 0 Å². The van der Waals surface area contributed by atoms with E-state index in [9.17, 15) is 0 Å². The van der Waals surface area contributed by atoms with Crippen molar-refractivity contribution in [2.45, 2.75) is 58.4 Å². The Morgan fingerprint density at radius 1 is 1.21 bits per heavy atom. The summed E-state index contributed by atoms with van der Waals surface area (Å²) < 4.78 is 5.80. The number of rotatable bonds is 2. The van der Waals surface area contributed by atoms with Gasteiger partial charge in [-0.2, -0.15) is 0 Å². The molecule has 1 aliphatic rings. The van der Waals surface area contributed by atoms with Crippen molar-refractivity contribution in [2.75, 3.05) is 13.7 Å². The Labute approximate surface area is 117 Å². The van der Waals surface area contributed by atoms with Crippen molar-refractivity contribution in [3.8, 4) is 5.75 Å².